The molecule has 36 heavy (non-hydrogen) atoms. The number of sulfonamides is 1. The number of rotatable bonds is 7. The van der Waals surface area contributed by atoms with Crippen LogP contribution in [-0.2, 0) is 10.0 Å². The van der Waals surface area contributed by atoms with E-state index < -0.39 is 16.1 Å². The van der Waals surface area contributed by atoms with Gasteiger partial charge in [0.1, 0.15) is 10.6 Å². The number of nitrogens with one attached hydrogen (secondary N) is 1. The standard InChI is InChI=1S/C27H23N5O3S/c28-36(34,35)21-14-20(15-29-16-21)26-23-13-7-12-22(18-8-3-1-4-9-18)25(23)27(32-31-26)30-17-24(33)19-10-5-2-6-11-19/h1-16,24,33H,17H2,(H,30,32)(H2,28,34,35). The number of pyridine rings is 1. The Hall–Kier alpha value is -4.18. The third-order valence-corrected chi connectivity index (χ3v) is 6.73. The molecule has 0 spiro atoms. The molecule has 3 aromatic carbocycles. The van der Waals surface area contributed by atoms with Crippen molar-refractivity contribution in [2.75, 3.05) is 11.9 Å². The Labute approximate surface area is 208 Å². The first-order valence-electron chi connectivity index (χ1n) is 11.2. The minimum absolute atomic E-state index is 0.109. The highest BCUT2D eigenvalue weighted by Gasteiger charge is 2.18. The fourth-order valence-corrected chi connectivity index (χ4v) is 4.59. The van der Waals surface area contributed by atoms with Gasteiger partial charge in [0.05, 0.1) is 6.10 Å². The van der Waals surface area contributed by atoms with Crippen LogP contribution in [0.25, 0.3) is 33.2 Å². The number of fused-ring (bicyclic) bond motifs is 1. The monoisotopic (exact) mass is 497 g/mol. The molecule has 5 rings (SSSR count). The maximum absolute atomic E-state index is 11.9. The number of aliphatic hydroxyl groups is 1. The number of aliphatic hydroxyl groups excluding tert-OH is 1. The van der Waals surface area contributed by atoms with Crippen LogP contribution >= 0.6 is 0 Å². The molecule has 9 heteroatoms. The van der Waals surface area contributed by atoms with Crippen LogP contribution < -0.4 is 10.5 Å². The van der Waals surface area contributed by atoms with Crippen molar-refractivity contribution in [2.24, 2.45) is 5.14 Å². The molecule has 8 nitrogen and oxygen atoms in total. The molecule has 0 aliphatic carbocycles. The highest BCUT2D eigenvalue weighted by atomic mass is 32.2. The first-order valence-corrected chi connectivity index (χ1v) is 12.8. The van der Waals surface area contributed by atoms with Crippen molar-refractivity contribution >= 4 is 26.6 Å². The lowest BCUT2D eigenvalue weighted by atomic mass is 9.96. The predicted octanol–water partition coefficient (Wildman–Crippen LogP) is 4.15. The summed E-state index contributed by atoms with van der Waals surface area (Å²) in [5.74, 6) is 0.499. The summed E-state index contributed by atoms with van der Waals surface area (Å²) in [6.45, 7) is 0.221. The average Bonchev–Trinajstić information content (AvgIpc) is 2.91. The number of nitrogens with zero attached hydrogens (tertiary/aromatic N) is 3. The number of nitrogens with two attached hydrogens (primary N) is 1. The van der Waals surface area contributed by atoms with E-state index in [1.807, 2.05) is 78.9 Å². The van der Waals surface area contributed by atoms with Crippen LogP contribution in [0.15, 0.2) is 102 Å². The molecule has 180 valence electrons. The third-order valence-electron chi connectivity index (χ3n) is 5.85. The molecule has 5 aromatic rings. The molecule has 0 bridgehead atoms. The van der Waals surface area contributed by atoms with Gasteiger partial charge >= 0.3 is 0 Å². The van der Waals surface area contributed by atoms with E-state index in [1.54, 1.807) is 0 Å². The lowest BCUT2D eigenvalue weighted by Crippen LogP contribution is -2.14. The molecule has 0 aliphatic heterocycles. The Kier molecular flexibility index (Phi) is 6.43. The van der Waals surface area contributed by atoms with Crippen LogP contribution in [0.5, 0.6) is 0 Å². The van der Waals surface area contributed by atoms with Gasteiger partial charge in [-0.15, -0.1) is 10.2 Å². The molecule has 0 aliphatic rings. The van der Waals surface area contributed by atoms with Crippen molar-refractivity contribution in [1.82, 2.24) is 15.2 Å². The molecular formula is C27H23N5O3S. The maximum atomic E-state index is 11.9. The van der Waals surface area contributed by atoms with E-state index in [1.165, 1.54) is 18.5 Å². The van der Waals surface area contributed by atoms with Crippen LogP contribution in [-0.4, -0.2) is 35.3 Å². The van der Waals surface area contributed by atoms with Gasteiger partial charge in [0.15, 0.2) is 5.82 Å². The van der Waals surface area contributed by atoms with Gasteiger partial charge in [-0.1, -0.05) is 78.9 Å². The SMILES string of the molecule is NS(=O)(=O)c1cncc(-c2nnc(NCC(O)c3ccccc3)c3c(-c4ccccc4)cccc23)c1. The lowest BCUT2D eigenvalue weighted by Gasteiger charge is -2.17. The van der Waals surface area contributed by atoms with Crippen molar-refractivity contribution in [1.29, 1.82) is 0 Å². The first-order chi connectivity index (χ1) is 17.4. The van der Waals surface area contributed by atoms with Gasteiger partial charge in [-0.2, -0.15) is 0 Å². The summed E-state index contributed by atoms with van der Waals surface area (Å²) in [5.41, 5.74) is 3.62. The minimum Gasteiger partial charge on any atom is -0.387 e. The number of hydrogen-bond acceptors (Lipinski definition) is 7. The quantitative estimate of drug-likeness (QED) is 0.308. The number of hydrogen-bond donors (Lipinski definition) is 3. The summed E-state index contributed by atoms with van der Waals surface area (Å²) in [6.07, 6.45) is 1.98. The van der Waals surface area contributed by atoms with E-state index in [2.05, 4.69) is 20.5 Å². The summed E-state index contributed by atoms with van der Waals surface area (Å²) in [4.78, 5) is 3.95. The minimum atomic E-state index is -3.94. The fourth-order valence-electron chi connectivity index (χ4n) is 4.09. The van der Waals surface area contributed by atoms with Crippen molar-refractivity contribution in [3.8, 4) is 22.4 Å². The molecule has 0 saturated heterocycles. The average molecular weight is 498 g/mol. The topological polar surface area (TPSA) is 131 Å². The van der Waals surface area contributed by atoms with Gasteiger partial charge in [0, 0.05) is 35.3 Å². The van der Waals surface area contributed by atoms with Crippen LogP contribution in [0.3, 0.4) is 0 Å². The largest absolute Gasteiger partial charge is 0.387 e. The second-order valence-electron chi connectivity index (χ2n) is 8.25. The van der Waals surface area contributed by atoms with E-state index in [-0.39, 0.29) is 11.4 Å². The highest BCUT2D eigenvalue weighted by Crippen LogP contribution is 2.37. The van der Waals surface area contributed by atoms with E-state index in [0.717, 1.165) is 27.5 Å². The zero-order valence-electron chi connectivity index (χ0n) is 19.1. The van der Waals surface area contributed by atoms with E-state index in [9.17, 15) is 13.5 Å². The molecule has 1 unspecified atom stereocenters. The van der Waals surface area contributed by atoms with Crippen molar-refractivity contribution in [2.45, 2.75) is 11.0 Å². The first kappa shape index (κ1) is 23.6. The van der Waals surface area contributed by atoms with E-state index in [4.69, 9.17) is 5.14 Å². The van der Waals surface area contributed by atoms with E-state index in [0.29, 0.717) is 17.1 Å². The van der Waals surface area contributed by atoms with Gasteiger partial charge in [0.25, 0.3) is 0 Å². The fraction of sp³-hybridized carbons (Fsp3) is 0.0741. The molecule has 1 atom stereocenters. The third kappa shape index (κ3) is 4.80. The maximum Gasteiger partial charge on any atom is 0.239 e. The summed E-state index contributed by atoms with van der Waals surface area (Å²) >= 11 is 0. The highest BCUT2D eigenvalue weighted by molar-refractivity contribution is 7.89. The zero-order valence-corrected chi connectivity index (χ0v) is 19.9. The van der Waals surface area contributed by atoms with Gasteiger partial charge < -0.3 is 10.4 Å². The summed E-state index contributed by atoms with van der Waals surface area (Å²) in [7, 11) is -3.94. The van der Waals surface area contributed by atoms with Crippen molar-refractivity contribution in [3.05, 3.63) is 103 Å². The summed E-state index contributed by atoms with van der Waals surface area (Å²) in [5, 5.41) is 29.7. The molecule has 0 radical (unpaired) electrons. The van der Waals surface area contributed by atoms with Gasteiger partial charge in [-0.3, -0.25) is 4.98 Å². The summed E-state index contributed by atoms with van der Waals surface area (Å²) < 4.78 is 23.8. The number of anilines is 1. The van der Waals surface area contributed by atoms with Gasteiger partial charge in [-0.05, 0) is 22.8 Å². The Morgan fingerprint density at radius 1 is 0.861 bits per heavy atom. The van der Waals surface area contributed by atoms with Crippen molar-refractivity contribution in [3.63, 3.8) is 0 Å². The molecule has 2 aromatic heterocycles. The Morgan fingerprint density at radius 2 is 1.58 bits per heavy atom. The molecule has 4 N–H and O–H groups in total. The predicted molar refractivity (Wildman–Crippen MR) is 139 cm³/mol. The smallest absolute Gasteiger partial charge is 0.239 e. The number of benzene rings is 3. The van der Waals surface area contributed by atoms with Gasteiger partial charge in [-0.25, -0.2) is 13.6 Å². The van der Waals surface area contributed by atoms with Crippen LogP contribution in [0.1, 0.15) is 11.7 Å². The zero-order chi connectivity index (χ0) is 25.1. The molecule has 0 saturated carbocycles. The van der Waals surface area contributed by atoms with E-state index >= 15 is 0 Å². The molecule has 2 heterocycles. The second kappa shape index (κ2) is 9.82. The van der Waals surface area contributed by atoms with Gasteiger partial charge in [0.2, 0.25) is 10.0 Å². The van der Waals surface area contributed by atoms with Crippen molar-refractivity contribution < 1.29 is 13.5 Å². The molecular weight excluding hydrogens is 474 g/mol. The number of primary sulfonamides is 1. The summed E-state index contributed by atoms with van der Waals surface area (Å²) in [6, 6.07) is 26.5. The Bertz CT molecular complexity index is 1630. The van der Waals surface area contributed by atoms with Crippen LogP contribution in [0, 0.1) is 0 Å². The molecule has 0 amide bonds. The molecule has 0 fully saturated rings. The Balaban J connectivity index is 1.65. The second-order valence-corrected chi connectivity index (χ2v) is 9.81. The number of aromatic nitrogens is 3. The van der Waals surface area contributed by atoms with Crippen LogP contribution in [0.4, 0.5) is 5.82 Å². The Morgan fingerprint density at radius 3 is 2.31 bits per heavy atom. The normalized spacial score (nSPS) is 12.4. The lowest BCUT2D eigenvalue weighted by molar-refractivity contribution is 0.191. The van der Waals surface area contributed by atoms with Crippen LogP contribution in [0.2, 0.25) is 0 Å².